The third-order valence-corrected chi connectivity index (χ3v) is 5.59. The fraction of sp³-hybridized carbons (Fsp3) is 0.875. The van der Waals surface area contributed by atoms with E-state index in [4.69, 9.17) is 0 Å². The number of fused-ring (bicyclic) bond motifs is 2. The molecule has 0 spiro atoms. The number of carbonyl (C=O) groups excluding carboxylic acids is 1. The van der Waals surface area contributed by atoms with E-state index < -0.39 is 0 Å². The van der Waals surface area contributed by atoms with Gasteiger partial charge in [-0.15, -0.1) is 0 Å². The molecule has 3 fully saturated rings. The predicted octanol–water partition coefficient (Wildman–Crippen LogP) is 3.50. The third kappa shape index (κ3) is 2.85. The van der Waals surface area contributed by atoms with Crippen molar-refractivity contribution in [1.29, 1.82) is 0 Å². The molecule has 0 heterocycles. The van der Waals surface area contributed by atoms with Crippen LogP contribution in [0.5, 0.6) is 0 Å². The molecular weight excluding hydrogens is 236 g/mol. The minimum Gasteiger partial charge on any atom is -0.273 e. The van der Waals surface area contributed by atoms with Gasteiger partial charge in [-0.1, -0.05) is 25.7 Å². The van der Waals surface area contributed by atoms with Crippen LogP contribution in [0.3, 0.4) is 0 Å². The molecule has 3 nitrogen and oxygen atoms in total. The van der Waals surface area contributed by atoms with Crippen LogP contribution in [0.15, 0.2) is 5.10 Å². The molecule has 0 aromatic rings. The Morgan fingerprint density at radius 2 is 1.84 bits per heavy atom. The van der Waals surface area contributed by atoms with Gasteiger partial charge < -0.3 is 0 Å². The van der Waals surface area contributed by atoms with Crippen LogP contribution in [0, 0.1) is 23.7 Å². The van der Waals surface area contributed by atoms with E-state index in [9.17, 15) is 4.79 Å². The minimum atomic E-state index is 0.155. The monoisotopic (exact) mass is 262 g/mol. The second-order valence-corrected chi connectivity index (χ2v) is 6.85. The van der Waals surface area contributed by atoms with Crippen molar-refractivity contribution in [2.75, 3.05) is 0 Å². The van der Waals surface area contributed by atoms with Crippen molar-refractivity contribution in [3.8, 4) is 0 Å². The van der Waals surface area contributed by atoms with Gasteiger partial charge in [0, 0.05) is 17.5 Å². The molecule has 3 aliphatic rings. The van der Waals surface area contributed by atoms with E-state index in [2.05, 4.69) is 17.5 Å². The summed E-state index contributed by atoms with van der Waals surface area (Å²) in [6.07, 6.45) is 11.3. The second-order valence-electron chi connectivity index (χ2n) is 6.85. The molecule has 3 heteroatoms. The van der Waals surface area contributed by atoms with Crippen LogP contribution >= 0.6 is 0 Å². The molecule has 1 amide bonds. The molecule has 3 atom stereocenters. The molecule has 3 rings (SSSR count). The SMILES string of the molecule is C/C(=N/NC(=O)C1CCCCC1)[C@H]1C[C@@H]2CC[C@@H]1C2. The van der Waals surface area contributed by atoms with E-state index in [0.717, 1.165) is 30.4 Å². The van der Waals surface area contributed by atoms with Gasteiger partial charge in [0.15, 0.2) is 0 Å². The Balaban J connectivity index is 1.52. The summed E-state index contributed by atoms with van der Waals surface area (Å²) in [6.45, 7) is 2.10. The Morgan fingerprint density at radius 1 is 1.05 bits per heavy atom. The maximum atomic E-state index is 12.1. The maximum absolute atomic E-state index is 12.1. The molecule has 0 saturated heterocycles. The molecule has 0 aliphatic heterocycles. The van der Waals surface area contributed by atoms with Crippen molar-refractivity contribution >= 4 is 11.6 Å². The highest BCUT2D eigenvalue weighted by atomic mass is 16.2. The zero-order valence-corrected chi connectivity index (χ0v) is 12.0. The van der Waals surface area contributed by atoms with Crippen LogP contribution in [0.25, 0.3) is 0 Å². The van der Waals surface area contributed by atoms with Crippen molar-refractivity contribution in [1.82, 2.24) is 5.43 Å². The van der Waals surface area contributed by atoms with Gasteiger partial charge in [0.05, 0.1) is 0 Å². The summed E-state index contributed by atoms with van der Waals surface area (Å²) in [7, 11) is 0. The highest BCUT2D eigenvalue weighted by Gasteiger charge is 2.40. The molecule has 1 N–H and O–H groups in total. The Labute approximate surface area is 116 Å². The summed E-state index contributed by atoms with van der Waals surface area (Å²) in [6, 6.07) is 0. The lowest BCUT2D eigenvalue weighted by Crippen LogP contribution is -2.30. The molecule has 0 radical (unpaired) electrons. The lowest BCUT2D eigenvalue weighted by Gasteiger charge is -2.22. The van der Waals surface area contributed by atoms with E-state index >= 15 is 0 Å². The van der Waals surface area contributed by atoms with Crippen LogP contribution in [0.4, 0.5) is 0 Å². The van der Waals surface area contributed by atoms with Crippen LogP contribution in [-0.4, -0.2) is 11.6 Å². The number of nitrogens with zero attached hydrogens (tertiary/aromatic N) is 1. The minimum absolute atomic E-state index is 0.155. The average molecular weight is 262 g/mol. The Morgan fingerprint density at radius 3 is 2.47 bits per heavy atom. The number of hydrazone groups is 1. The largest absolute Gasteiger partial charge is 0.273 e. The number of carbonyl (C=O) groups is 1. The summed E-state index contributed by atoms with van der Waals surface area (Å²) < 4.78 is 0. The van der Waals surface area contributed by atoms with Crippen molar-refractivity contribution in [3.63, 3.8) is 0 Å². The number of nitrogens with one attached hydrogen (secondary N) is 1. The predicted molar refractivity (Wildman–Crippen MR) is 76.8 cm³/mol. The first kappa shape index (κ1) is 13.1. The summed E-state index contributed by atoms with van der Waals surface area (Å²) >= 11 is 0. The van der Waals surface area contributed by atoms with E-state index in [1.54, 1.807) is 0 Å². The van der Waals surface area contributed by atoms with Crippen molar-refractivity contribution < 1.29 is 4.79 Å². The average Bonchev–Trinajstić information content (AvgIpc) is 3.08. The van der Waals surface area contributed by atoms with Crippen molar-refractivity contribution in [3.05, 3.63) is 0 Å². The standard InChI is InChI=1S/C16H26N2O/c1-11(15-10-12-7-8-14(15)9-12)17-18-16(19)13-5-3-2-4-6-13/h12-15H,2-10H2,1H3,(H,18,19)/b17-11-/t12-,14-,15-/m1/s1. The summed E-state index contributed by atoms with van der Waals surface area (Å²) in [4.78, 5) is 12.1. The molecule has 0 unspecified atom stereocenters. The first-order valence-corrected chi connectivity index (χ1v) is 8.08. The number of hydrogen-bond acceptors (Lipinski definition) is 2. The van der Waals surface area contributed by atoms with Gasteiger partial charge in [0.2, 0.25) is 5.91 Å². The van der Waals surface area contributed by atoms with Gasteiger partial charge in [0.25, 0.3) is 0 Å². The van der Waals surface area contributed by atoms with E-state index in [1.165, 1.54) is 44.9 Å². The molecule has 3 aliphatic carbocycles. The molecular formula is C16H26N2O. The van der Waals surface area contributed by atoms with Crippen LogP contribution < -0.4 is 5.43 Å². The van der Waals surface area contributed by atoms with E-state index in [-0.39, 0.29) is 11.8 Å². The second kappa shape index (κ2) is 5.64. The topological polar surface area (TPSA) is 41.5 Å². The van der Waals surface area contributed by atoms with Gasteiger partial charge in [-0.05, 0) is 50.9 Å². The Kier molecular flexibility index (Phi) is 3.90. The number of rotatable bonds is 3. The number of hydrogen-bond donors (Lipinski definition) is 1. The summed E-state index contributed by atoms with van der Waals surface area (Å²) in [5, 5.41) is 4.42. The first-order valence-electron chi connectivity index (χ1n) is 8.08. The Hall–Kier alpha value is -0.860. The third-order valence-electron chi connectivity index (χ3n) is 5.59. The smallest absolute Gasteiger partial charge is 0.243 e. The molecule has 19 heavy (non-hydrogen) atoms. The zero-order chi connectivity index (χ0) is 13.2. The van der Waals surface area contributed by atoms with Crippen LogP contribution in [0.1, 0.15) is 64.7 Å². The Bertz CT molecular complexity index is 371. The zero-order valence-electron chi connectivity index (χ0n) is 12.0. The van der Waals surface area contributed by atoms with E-state index in [1.807, 2.05) is 0 Å². The molecule has 2 bridgehead atoms. The number of amides is 1. The lowest BCUT2D eigenvalue weighted by atomic mass is 9.86. The van der Waals surface area contributed by atoms with Crippen molar-refractivity contribution in [2.45, 2.75) is 64.7 Å². The molecule has 3 saturated carbocycles. The molecule has 106 valence electrons. The highest BCUT2D eigenvalue weighted by Crippen LogP contribution is 2.48. The van der Waals surface area contributed by atoms with Gasteiger partial charge in [-0.25, -0.2) is 5.43 Å². The highest BCUT2D eigenvalue weighted by molar-refractivity contribution is 5.87. The van der Waals surface area contributed by atoms with Gasteiger partial charge >= 0.3 is 0 Å². The molecule has 0 aromatic carbocycles. The fourth-order valence-electron chi connectivity index (χ4n) is 4.44. The fourth-order valence-corrected chi connectivity index (χ4v) is 4.44. The lowest BCUT2D eigenvalue weighted by molar-refractivity contribution is -0.125. The molecule has 0 aromatic heterocycles. The van der Waals surface area contributed by atoms with Gasteiger partial charge in [-0.3, -0.25) is 4.79 Å². The summed E-state index contributed by atoms with van der Waals surface area (Å²) in [5.74, 6) is 2.80. The summed E-state index contributed by atoms with van der Waals surface area (Å²) in [5.41, 5.74) is 4.00. The van der Waals surface area contributed by atoms with Gasteiger partial charge in [-0.2, -0.15) is 5.10 Å². The normalized spacial score (nSPS) is 35.6. The van der Waals surface area contributed by atoms with E-state index in [0.29, 0.717) is 5.92 Å². The first-order chi connectivity index (χ1) is 9.24. The van der Waals surface area contributed by atoms with Crippen molar-refractivity contribution in [2.24, 2.45) is 28.8 Å². The van der Waals surface area contributed by atoms with Crippen LogP contribution in [-0.2, 0) is 4.79 Å². The quantitative estimate of drug-likeness (QED) is 0.614. The van der Waals surface area contributed by atoms with Crippen LogP contribution in [0.2, 0.25) is 0 Å². The maximum Gasteiger partial charge on any atom is 0.243 e. The van der Waals surface area contributed by atoms with Gasteiger partial charge in [0.1, 0.15) is 0 Å².